The van der Waals surface area contributed by atoms with Crippen LogP contribution in [0.25, 0.3) is 0 Å². The summed E-state index contributed by atoms with van der Waals surface area (Å²) in [6, 6.07) is -3.54. The summed E-state index contributed by atoms with van der Waals surface area (Å²) >= 11 is 0. The molecule has 0 amide bonds. The predicted molar refractivity (Wildman–Crippen MR) is 43.4 cm³/mol. The molecule has 0 rings (SSSR count). The molecule has 0 spiro atoms. The number of halogens is 3. The van der Waals surface area contributed by atoms with Gasteiger partial charge in [-0.2, -0.15) is 8.78 Å². The molecule has 13 heavy (non-hydrogen) atoms. The Morgan fingerprint density at radius 1 is 1.38 bits per heavy atom. The van der Waals surface area contributed by atoms with Crippen LogP contribution in [0.2, 0.25) is 0 Å². The fraction of sp³-hybridized carbons (Fsp3) is 0.875. The third-order valence-corrected chi connectivity index (χ3v) is 1.87. The lowest BCUT2D eigenvalue weighted by Gasteiger charge is -2.30. The Balaban J connectivity index is 4.40. The van der Waals surface area contributed by atoms with Gasteiger partial charge in [0.1, 0.15) is 6.29 Å². The first-order valence-electron chi connectivity index (χ1n) is 4.21. The molecule has 0 radical (unpaired) electrons. The van der Waals surface area contributed by atoms with E-state index < -0.39 is 18.6 Å². The van der Waals surface area contributed by atoms with E-state index in [1.54, 1.807) is 0 Å². The van der Waals surface area contributed by atoms with Crippen molar-refractivity contribution in [3.63, 3.8) is 0 Å². The highest BCUT2D eigenvalue weighted by Gasteiger charge is 2.44. The Kier molecular flexibility index (Phi) is 4.98. The van der Waals surface area contributed by atoms with Crippen LogP contribution < -0.4 is 0 Å². The lowest BCUT2D eigenvalue weighted by Crippen LogP contribution is -2.48. The number of rotatable bonds is 6. The van der Waals surface area contributed by atoms with E-state index in [0.717, 1.165) is 0 Å². The zero-order valence-electron chi connectivity index (χ0n) is 7.77. The summed E-state index contributed by atoms with van der Waals surface area (Å²) in [5, 5.41) is 0. The van der Waals surface area contributed by atoms with E-state index in [1.165, 1.54) is 13.8 Å². The fourth-order valence-corrected chi connectivity index (χ4v) is 1.07. The van der Waals surface area contributed by atoms with E-state index in [1.807, 2.05) is 0 Å². The van der Waals surface area contributed by atoms with E-state index >= 15 is 0 Å². The van der Waals surface area contributed by atoms with Gasteiger partial charge in [-0.1, -0.05) is 13.8 Å². The van der Waals surface area contributed by atoms with Crippen LogP contribution in [-0.4, -0.2) is 36.5 Å². The molecule has 1 atom stereocenters. The molecule has 1 unspecified atom stereocenters. The van der Waals surface area contributed by atoms with Crippen LogP contribution >= 0.6 is 0 Å². The van der Waals surface area contributed by atoms with Crippen LogP contribution in [0.15, 0.2) is 0 Å². The van der Waals surface area contributed by atoms with Gasteiger partial charge in [0.25, 0.3) is 0 Å². The van der Waals surface area contributed by atoms with Crippen molar-refractivity contribution in [2.24, 2.45) is 0 Å². The second-order valence-electron chi connectivity index (χ2n) is 2.63. The van der Waals surface area contributed by atoms with Crippen molar-refractivity contribution in [1.29, 1.82) is 0 Å². The van der Waals surface area contributed by atoms with Crippen LogP contribution in [0, 0.1) is 0 Å². The van der Waals surface area contributed by atoms with Gasteiger partial charge in [-0.3, -0.25) is 0 Å². The van der Waals surface area contributed by atoms with Crippen molar-refractivity contribution >= 4 is 6.29 Å². The van der Waals surface area contributed by atoms with E-state index in [2.05, 4.69) is 0 Å². The maximum absolute atomic E-state index is 13.1. The maximum atomic E-state index is 13.1. The molecule has 0 fully saturated rings. The number of alkyl halides is 3. The van der Waals surface area contributed by atoms with Crippen LogP contribution in [0.4, 0.5) is 13.2 Å². The number of hydrogen-bond acceptors (Lipinski definition) is 2. The highest BCUT2D eigenvalue weighted by molar-refractivity contribution is 5.50. The Morgan fingerprint density at radius 2 is 1.85 bits per heavy atom. The molecule has 0 saturated carbocycles. The van der Waals surface area contributed by atoms with Gasteiger partial charge in [0.15, 0.2) is 6.17 Å². The lowest BCUT2D eigenvalue weighted by molar-refractivity contribution is -0.189. The minimum atomic E-state index is -3.54. The molecule has 0 N–H and O–H groups in total. The Labute approximate surface area is 75.7 Å². The molecule has 0 heterocycles. The number of carbonyl (C=O) groups is 1. The molecular weight excluding hydrogens is 183 g/mol. The Hall–Kier alpha value is -0.580. The zero-order chi connectivity index (χ0) is 10.5. The molecule has 2 nitrogen and oxygen atoms in total. The van der Waals surface area contributed by atoms with Crippen molar-refractivity contribution in [1.82, 2.24) is 4.90 Å². The summed E-state index contributed by atoms with van der Waals surface area (Å²) in [6.45, 7) is 3.15. The van der Waals surface area contributed by atoms with E-state index in [0.29, 0.717) is 4.90 Å². The second kappa shape index (κ2) is 5.21. The van der Waals surface area contributed by atoms with Crippen molar-refractivity contribution in [2.45, 2.75) is 32.5 Å². The second-order valence-corrected chi connectivity index (χ2v) is 2.63. The molecule has 0 aliphatic rings. The van der Waals surface area contributed by atoms with Gasteiger partial charge in [0.05, 0.1) is 0 Å². The molecule has 0 aromatic carbocycles. The molecule has 0 saturated heterocycles. The first-order chi connectivity index (χ1) is 6.00. The van der Waals surface area contributed by atoms with E-state index in [9.17, 15) is 18.0 Å². The standard InChI is InChI=1S/C8H14F3NO/c1-3-12(4-2)8(10,11)7(9)5-6-13/h6-7H,3-5H2,1-2H3. The summed E-state index contributed by atoms with van der Waals surface area (Å²) in [5.41, 5.74) is 0. The summed E-state index contributed by atoms with van der Waals surface area (Å²) in [5.74, 6) is 0. The number of hydrogen-bond donors (Lipinski definition) is 0. The molecule has 78 valence electrons. The number of aldehydes is 1. The molecule has 0 bridgehead atoms. The summed E-state index contributed by atoms with van der Waals surface area (Å²) in [4.78, 5) is 10.6. The van der Waals surface area contributed by atoms with Gasteiger partial charge in [0.2, 0.25) is 0 Å². The zero-order valence-corrected chi connectivity index (χ0v) is 7.77. The quantitative estimate of drug-likeness (QED) is 0.478. The monoisotopic (exact) mass is 197 g/mol. The van der Waals surface area contributed by atoms with Gasteiger partial charge >= 0.3 is 6.05 Å². The van der Waals surface area contributed by atoms with Gasteiger partial charge in [-0.15, -0.1) is 0 Å². The molecule has 0 aromatic heterocycles. The van der Waals surface area contributed by atoms with Crippen molar-refractivity contribution < 1.29 is 18.0 Å². The Bertz CT molecular complexity index is 159. The number of nitrogens with zero attached hydrogens (tertiary/aromatic N) is 1. The molecule has 0 aliphatic heterocycles. The first-order valence-corrected chi connectivity index (χ1v) is 4.21. The van der Waals surface area contributed by atoms with Gasteiger partial charge in [-0.05, 0) is 0 Å². The minimum Gasteiger partial charge on any atom is -0.303 e. The smallest absolute Gasteiger partial charge is 0.303 e. The van der Waals surface area contributed by atoms with Crippen molar-refractivity contribution in [2.75, 3.05) is 13.1 Å². The normalized spacial score (nSPS) is 14.6. The highest BCUT2D eigenvalue weighted by Crippen LogP contribution is 2.27. The molecule has 0 aliphatic carbocycles. The third-order valence-electron chi connectivity index (χ3n) is 1.87. The van der Waals surface area contributed by atoms with E-state index in [4.69, 9.17) is 0 Å². The Morgan fingerprint density at radius 3 is 2.15 bits per heavy atom. The van der Waals surface area contributed by atoms with Crippen LogP contribution in [-0.2, 0) is 4.79 Å². The largest absolute Gasteiger partial charge is 0.336 e. The van der Waals surface area contributed by atoms with Gasteiger partial charge in [-0.25, -0.2) is 9.29 Å². The van der Waals surface area contributed by atoms with Crippen LogP contribution in [0.5, 0.6) is 0 Å². The topological polar surface area (TPSA) is 20.3 Å². The summed E-state index contributed by atoms with van der Waals surface area (Å²) < 4.78 is 38.9. The molecule has 0 aromatic rings. The highest BCUT2D eigenvalue weighted by atomic mass is 19.3. The fourth-order valence-electron chi connectivity index (χ4n) is 1.07. The SMILES string of the molecule is CCN(CC)C(F)(F)C(F)CC=O. The third kappa shape index (κ3) is 2.99. The first kappa shape index (κ1) is 12.4. The van der Waals surface area contributed by atoms with Crippen LogP contribution in [0.1, 0.15) is 20.3 Å². The van der Waals surface area contributed by atoms with Gasteiger partial charge in [0, 0.05) is 19.5 Å². The minimum absolute atomic E-state index is 0.0583. The van der Waals surface area contributed by atoms with Gasteiger partial charge < -0.3 is 4.79 Å². The van der Waals surface area contributed by atoms with E-state index in [-0.39, 0.29) is 19.4 Å². The summed E-state index contributed by atoms with van der Waals surface area (Å²) in [6.07, 6.45) is -3.00. The molecule has 5 heteroatoms. The average Bonchev–Trinajstić information content (AvgIpc) is 2.06. The predicted octanol–water partition coefficient (Wildman–Crippen LogP) is 1.85. The number of carbonyl (C=O) groups excluding carboxylic acids is 1. The van der Waals surface area contributed by atoms with Crippen molar-refractivity contribution in [3.8, 4) is 0 Å². The molecular formula is C8H14F3NO. The summed E-state index contributed by atoms with van der Waals surface area (Å²) in [7, 11) is 0. The average molecular weight is 197 g/mol. The van der Waals surface area contributed by atoms with Crippen molar-refractivity contribution in [3.05, 3.63) is 0 Å². The lowest BCUT2D eigenvalue weighted by atomic mass is 10.2. The van der Waals surface area contributed by atoms with Crippen LogP contribution in [0.3, 0.4) is 0 Å². The maximum Gasteiger partial charge on any atom is 0.336 e.